The lowest BCUT2D eigenvalue weighted by atomic mass is 10.1. The summed E-state index contributed by atoms with van der Waals surface area (Å²) in [5, 5.41) is 0. The number of ether oxygens (including phenoxy) is 1. The number of carbonyl (C=O) groups is 1. The van der Waals surface area contributed by atoms with Gasteiger partial charge in [0.05, 0.1) is 11.1 Å². The molecule has 0 radical (unpaired) electrons. The summed E-state index contributed by atoms with van der Waals surface area (Å²) in [7, 11) is 0. The Morgan fingerprint density at radius 1 is 0.828 bits per heavy atom. The largest absolute Gasteiger partial charge is 0.444 e. The van der Waals surface area contributed by atoms with Gasteiger partial charge in [-0.2, -0.15) is 26.3 Å². The highest BCUT2D eigenvalue weighted by Crippen LogP contribution is 2.40. The summed E-state index contributed by atoms with van der Waals surface area (Å²) in [5.41, 5.74) is -1.88. The van der Waals surface area contributed by atoms with E-state index in [2.05, 4.69) is 0 Å². The number of halogens is 6. The van der Waals surface area contributed by atoms with E-state index >= 15 is 0 Å². The fraction of sp³-hybridized carbons (Fsp3) is 0.526. The van der Waals surface area contributed by atoms with Crippen molar-refractivity contribution in [2.75, 3.05) is 31.1 Å². The molecule has 0 N–H and O–H groups in total. The van der Waals surface area contributed by atoms with Crippen molar-refractivity contribution >= 4 is 11.8 Å². The zero-order valence-corrected chi connectivity index (χ0v) is 16.0. The van der Waals surface area contributed by atoms with Crippen molar-refractivity contribution in [3.05, 3.63) is 40.5 Å². The third-order valence-corrected chi connectivity index (χ3v) is 4.62. The number of hydrogen-bond donors (Lipinski definition) is 0. The topological polar surface area (TPSA) is 32.8 Å². The summed E-state index contributed by atoms with van der Waals surface area (Å²) in [6, 6.07) is 1.57. The monoisotopic (exact) mass is 422 g/mol. The minimum Gasteiger partial charge on any atom is -0.444 e. The van der Waals surface area contributed by atoms with Gasteiger partial charge in [-0.05, 0) is 50.1 Å². The summed E-state index contributed by atoms with van der Waals surface area (Å²) >= 11 is 0. The van der Waals surface area contributed by atoms with Crippen LogP contribution in [-0.4, -0.2) is 42.8 Å². The number of benzene rings is 1. The second kappa shape index (κ2) is 6.84. The molecular formula is C19H20F6N2O2. The van der Waals surface area contributed by atoms with Gasteiger partial charge in [0.15, 0.2) is 0 Å². The molecule has 0 bridgehead atoms. The molecule has 4 nitrogen and oxygen atoms in total. The standard InChI is InChI=1S/C19H20F6N2O2/c1-17(2,3)29-16(28)27-9-11-7-26(8-12(11)10-27)15-5-13(18(20,21)22)4-14(6-15)19(23,24)25/h4-6H,7-10H2,1-3H3. The first kappa shape index (κ1) is 21.3. The van der Waals surface area contributed by atoms with Crippen LogP contribution in [-0.2, 0) is 17.1 Å². The average molecular weight is 422 g/mol. The van der Waals surface area contributed by atoms with Gasteiger partial charge >= 0.3 is 18.4 Å². The number of anilines is 1. The van der Waals surface area contributed by atoms with E-state index in [4.69, 9.17) is 4.74 Å². The van der Waals surface area contributed by atoms with Crippen molar-refractivity contribution in [2.24, 2.45) is 0 Å². The first-order chi connectivity index (χ1) is 13.1. The molecule has 0 aliphatic carbocycles. The Labute approximate surface area is 163 Å². The summed E-state index contributed by atoms with van der Waals surface area (Å²) in [6.07, 6.45) is -10.3. The summed E-state index contributed by atoms with van der Waals surface area (Å²) in [6.45, 7) is 6.00. The number of alkyl halides is 6. The van der Waals surface area contributed by atoms with Crippen LogP contribution in [0.5, 0.6) is 0 Å². The highest BCUT2D eigenvalue weighted by molar-refractivity contribution is 5.71. The highest BCUT2D eigenvalue weighted by atomic mass is 19.4. The number of carbonyl (C=O) groups excluding carboxylic acids is 1. The van der Waals surface area contributed by atoms with Gasteiger partial charge in [0.1, 0.15) is 5.60 Å². The van der Waals surface area contributed by atoms with Crippen LogP contribution in [0.3, 0.4) is 0 Å². The molecule has 2 heterocycles. The Hall–Kier alpha value is -2.39. The molecule has 1 aromatic carbocycles. The van der Waals surface area contributed by atoms with Gasteiger partial charge in [0, 0.05) is 31.9 Å². The molecule has 2 aliphatic rings. The molecule has 1 aromatic rings. The van der Waals surface area contributed by atoms with Crippen LogP contribution in [0.15, 0.2) is 29.3 Å². The highest BCUT2D eigenvalue weighted by Gasteiger charge is 2.39. The number of hydrogen-bond acceptors (Lipinski definition) is 3. The predicted octanol–water partition coefficient (Wildman–Crippen LogP) is 5.09. The molecule has 0 saturated carbocycles. The quantitative estimate of drug-likeness (QED) is 0.467. The van der Waals surface area contributed by atoms with E-state index in [-0.39, 0.29) is 37.9 Å². The third-order valence-electron chi connectivity index (χ3n) is 4.62. The van der Waals surface area contributed by atoms with Gasteiger partial charge in [-0.25, -0.2) is 4.79 Å². The van der Waals surface area contributed by atoms with Gasteiger partial charge in [0.2, 0.25) is 0 Å². The molecule has 0 unspecified atom stereocenters. The second-order valence-electron chi connectivity index (χ2n) is 8.16. The van der Waals surface area contributed by atoms with E-state index in [1.807, 2.05) is 0 Å². The van der Waals surface area contributed by atoms with Crippen molar-refractivity contribution in [3.8, 4) is 0 Å². The van der Waals surface area contributed by atoms with Crippen LogP contribution in [0.1, 0.15) is 31.9 Å². The maximum atomic E-state index is 13.1. The van der Waals surface area contributed by atoms with E-state index in [9.17, 15) is 31.1 Å². The zero-order valence-electron chi connectivity index (χ0n) is 16.0. The van der Waals surface area contributed by atoms with Crippen LogP contribution < -0.4 is 4.90 Å². The van der Waals surface area contributed by atoms with Gasteiger partial charge in [-0.15, -0.1) is 0 Å². The SMILES string of the molecule is CC(C)(C)OC(=O)N1CC2=C(C1)CN(c1cc(C(F)(F)F)cc(C(F)(F)F)c1)C2. The Balaban J connectivity index is 1.76. The lowest BCUT2D eigenvalue weighted by Crippen LogP contribution is -2.38. The van der Waals surface area contributed by atoms with E-state index in [0.29, 0.717) is 0 Å². The van der Waals surface area contributed by atoms with Crippen molar-refractivity contribution in [3.63, 3.8) is 0 Å². The zero-order chi connectivity index (χ0) is 21.8. The van der Waals surface area contributed by atoms with Gasteiger partial charge < -0.3 is 14.5 Å². The predicted molar refractivity (Wildman–Crippen MR) is 93.5 cm³/mol. The molecule has 3 rings (SSSR count). The minimum atomic E-state index is -4.89. The van der Waals surface area contributed by atoms with Crippen molar-refractivity contribution in [2.45, 2.75) is 38.7 Å². The molecule has 2 aliphatic heterocycles. The van der Waals surface area contributed by atoms with Crippen LogP contribution in [0.25, 0.3) is 0 Å². The maximum Gasteiger partial charge on any atom is 0.416 e. The molecule has 0 atom stereocenters. The maximum absolute atomic E-state index is 13.1. The first-order valence-corrected chi connectivity index (χ1v) is 8.85. The van der Waals surface area contributed by atoms with Gasteiger partial charge in [-0.3, -0.25) is 0 Å². The second-order valence-corrected chi connectivity index (χ2v) is 8.16. The summed E-state index contributed by atoms with van der Waals surface area (Å²) < 4.78 is 83.7. The van der Waals surface area contributed by atoms with E-state index in [1.54, 1.807) is 20.8 Å². The normalized spacial score (nSPS) is 17.8. The smallest absolute Gasteiger partial charge is 0.416 e. The van der Waals surface area contributed by atoms with Crippen molar-refractivity contribution < 1.29 is 35.9 Å². The Morgan fingerprint density at radius 3 is 1.66 bits per heavy atom. The van der Waals surface area contributed by atoms with Crippen molar-refractivity contribution in [1.29, 1.82) is 0 Å². The molecule has 160 valence electrons. The fourth-order valence-corrected chi connectivity index (χ4v) is 3.34. The molecule has 10 heteroatoms. The number of nitrogens with zero attached hydrogens (tertiary/aromatic N) is 2. The molecule has 0 spiro atoms. The molecule has 0 saturated heterocycles. The van der Waals surface area contributed by atoms with Crippen LogP contribution in [0.4, 0.5) is 36.8 Å². The van der Waals surface area contributed by atoms with Crippen LogP contribution in [0.2, 0.25) is 0 Å². The molecule has 0 fully saturated rings. The molecule has 29 heavy (non-hydrogen) atoms. The third kappa shape index (κ3) is 4.79. The lowest BCUT2D eigenvalue weighted by Gasteiger charge is -2.27. The Bertz CT molecular complexity index is 801. The van der Waals surface area contributed by atoms with Gasteiger partial charge in [-0.1, -0.05) is 0 Å². The van der Waals surface area contributed by atoms with E-state index in [1.165, 1.54) is 9.80 Å². The minimum absolute atomic E-state index is 0.116. The lowest BCUT2D eigenvalue weighted by molar-refractivity contribution is -0.143. The van der Waals surface area contributed by atoms with Crippen molar-refractivity contribution in [1.82, 2.24) is 4.90 Å². The van der Waals surface area contributed by atoms with Crippen LogP contribution in [0, 0.1) is 0 Å². The number of rotatable bonds is 1. The number of amides is 1. The summed E-state index contributed by atoms with van der Waals surface area (Å²) in [4.78, 5) is 15.1. The average Bonchev–Trinajstić information content (AvgIpc) is 3.09. The van der Waals surface area contributed by atoms with E-state index in [0.717, 1.165) is 23.3 Å². The Morgan fingerprint density at radius 2 is 1.28 bits per heavy atom. The molecule has 0 aromatic heterocycles. The van der Waals surface area contributed by atoms with Crippen LogP contribution >= 0.6 is 0 Å². The molecular weight excluding hydrogens is 402 g/mol. The van der Waals surface area contributed by atoms with E-state index < -0.39 is 35.2 Å². The summed E-state index contributed by atoms with van der Waals surface area (Å²) in [5.74, 6) is 0. The first-order valence-electron chi connectivity index (χ1n) is 8.85. The Kier molecular flexibility index (Phi) is 5.03. The molecule has 1 amide bonds. The van der Waals surface area contributed by atoms with Gasteiger partial charge in [0.25, 0.3) is 0 Å². The fourth-order valence-electron chi connectivity index (χ4n) is 3.34.